The van der Waals surface area contributed by atoms with Gasteiger partial charge in [0.2, 0.25) is 11.8 Å². The van der Waals surface area contributed by atoms with Gasteiger partial charge in [-0.25, -0.2) is 0 Å². The summed E-state index contributed by atoms with van der Waals surface area (Å²) in [6.07, 6.45) is 3.63. The molecule has 0 heterocycles. The van der Waals surface area contributed by atoms with E-state index in [0.29, 0.717) is 6.42 Å². The standard InChI is InChI=1S/C15H22N2O2/c1-4-5-6-10-15(19)16-13-8-7-9-14(11-13)17(3)12(2)18/h7-9,11H,4-6,10H2,1-3H3,(H,16,19). The Hall–Kier alpha value is -1.84. The molecule has 19 heavy (non-hydrogen) atoms. The maximum Gasteiger partial charge on any atom is 0.224 e. The number of amides is 2. The summed E-state index contributed by atoms with van der Waals surface area (Å²) in [7, 11) is 1.71. The molecule has 0 fully saturated rings. The van der Waals surface area contributed by atoms with E-state index in [1.165, 1.54) is 6.92 Å². The van der Waals surface area contributed by atoms with Gasteiger partial charge in [0.05, 0.1) is 0 Å². The molecular formula is C15H22N2O2. The second kappa shape index (κ2) is 7.56. The normalized spacial score (nSPS) is 10.1. The molecule has 0 aliphatic rings. The highest BCUT2D eigenvalue weighted by Gasteiger charge is 2.07. The number of nitrogens with one attached hydrogen (secondary N) is 1. The first-order valence-electron chi connectivity index (χ1n) is 6.68. The highest BCUT2D eigenvalue weighted by Crippen LogP contribution is 2.18. The summed E-state index contributed by atoms with van der Waals surface area (Å²) in [5, 5.41) is 2.86. The third-order valence-electron chi connectivity index (χ3n) is 3.00. The Bertz CT molecular complexity index is 444. The number of benzene rings is 1. The molecule has 0 bridgehead atoms. The van der Waals surface area contributed by atoms with E-state index in [9.17, 15) is 9.59 Å². The van der Waals surface area contributed by atoms with Gasteiger partial charge in [0.1, 0.15) is 0 Å². The number of carbonyl (C=O) groups is 2. The minimum Gasteiger partial charge on any atom is -0.326 e. The molecule has 4 nitrogen and oxygen atoms in total. The van der Waals surface area contributed by atoms with Crippen LogP contribution in [-0.4, -0.2) is 18.9 Å². The van der Waals surface area contributed by atoms with Gasteiger partial charge in [0.25, 0.3) is 0 Å². The summed E-state index contributed by atoms with van der Waals surface area (Å²) in [6.45, 7) is 3.62. The van der Waals surface area contributed by atoms with Gasteiger partial charge in [-0.3, -0.25) is 9.59 Å². The van der Waals surface area contributed by atoms with Crippen LogP contribution in [0.1, 0.15) is 39.5 Å². The highest BCUT2D eigenvalue weighted by atomic mass is 16.2. The molecule has 1 aromatic carbocycles. The van der Waals surface area contributed by atoms with Crippen LogP contribution in [0.3, 0.4) is 0 Å². The molecule has 0 radical (unpaired) electrons. The first kappa shape index (κ1) is 15.2. The van der Waals surface area contributed by atoms with E-state index in [1.54, 1.807) is 18.0 Å². The summed E-state index contributed by atoms with van der Waals surface area (Å²) < 4.78 is 0. The van der Waals surface area contributed by atoms with Crippen LogP contribution in [0.25, 0.3) is 0 Å². The predicted molar refractivity (Wildman–Crippen MR) is 78.3 cm³/mol. The zero-order chi connectivity index (χ0) is 14.3. The van der Waals surface area contributed by atoms with Gasteiger partial charge in [-0.05, 0) is 24.6 Å². The van der Waals surface area contributed by atoms with Gasteiger partial charge >= 0.3 is 0 Å². The van der Waals surface area contributed by atoms with Crippen LogP contribution in [-0.2, 0) is 9.59 Å². The van der Waals surface area contributed by atoms with Gasteiger partial charge in [-0.2, -0.15) is 0 Å². The van der Waals surface area contributed by atoms with Crippen LogP contribution < -0.4 is 10.2 Å². The topological polar surface area (TPSA) is 49.4 Å². The van der Waals surface area contributed by atoms with Crippen molar-refractivity contribution in [2.75, 3.05) is 17.3 Å². The zero-order valence-corrected chi connectivity index (χ0v) is 11.9. The van der Waals surface area contributed by atoms with E-state index < -0.39 is 0 Å². The van der Waals surface area contributed by atoms with Crippen molar-refractivity contribution in [1.82, 2.24) is 0 Å². The average Bonchev–Trinajstić information content (AvgIpc) is 2.38. The Labute approximate surface area is 114 Å². The van der Waals surface area contributed by atoms with Crippen molar-refractivity contribution < 1.29 is 9.59 Å². The average molecular weight is 262 g/mol. The minimum atomic E-state index is -0.0357. The van der Waals surface area contributed by atoms with Crippen molar-refractivity contribution >= 4 is 23.2 Å². The molecule has 1 rings (SSSR count). The van der Waals surface area contributed by atoms with Crippen molar-refractivity contribution in [2.24, 2.45) is 0 Å². The Morgan fingerprint density at radius 1 is 1.26 bits per heavy atom. The molecule has 0 aliphatic heterocycles. The van der Waals surface area contributed by atoms with Gasteiger partial charge in [0.15, 0.2) is 0 Å². The summed E-state index contributed by atoms with van der Waals surface area (Å²) in [5.41, 5.74) is 1.51. The second-order valence-corrected chi connectivity index (χ2v) is 4.63. The van der Waals surface area contributed by atoms with Gasteiger partial charge < -0.3 is 10.2 Å². The van der Waals surface area contributed by atoms with E-state index in [0.717, 1.165) is 30.6 Å². The molecule has 1 N–H and O–H groups in total. The zero-order valence-electron chi connectivity index (χ0n) is 11.9. The Morgan fingerprint density at radius 2 is 2.00 bits per heavy atom. The fourth-order valence-corrected chi connectivity index (χ4v) is 1.73. The number of anilines is 2. The molecule has 2 amide bonds. The highest BCUT2D eigenvalue weighted by molar-refractivity contribution is 5.94. The SMILES string of the molecule is CCCCCC(=O)Nc1cccc(N(C)C(C)=O)c1. The third kappa shape index (κ3) is 5.12. The number of nitrogens with zero attached hydrogens (tertiary/aromatic N) is 1. The second-order valence-electron chi connectivity index (χ2n) is 4.63. The molecular weight excluding hydrogens is 240 g/mol. The lowest BCUT2D eigenvalue weighted by atomic mass is 10.2. The molecule has 1 aromatic rings. The maximum absolute atomic E-state index is 11.7. The fraction of sp³-hybridized carbons (Fsp3) is 0.467. The summed E-state index contributed by atoms with van der Waals surface area (Å²) in [4.78, 5) is 24.5. The van der Waals surface area contributed by atoms with E-state index in [4.69, 9.17) is 0 Å². The Morgan fingerprint density at radius 3 is 2.63 bits per heavy atom. The van der Waals surface area contributed by atoms with Crippen LogP contribution in [0.5, 0.6) is 0 Å². The lowest BCUT2D eigenvalue weighted by molar-refractivity contribution is -0.117. The van der Waals surface area contributed by atoms with Crippen molar-refractivity contribution in [1.29, 1.82) is 0 Å². The summed E-state index contributed by atoms with van der Waals surface area (Å²) in [5.74, 6) is -0.0116. The van der Waals surface area contributed by atoms with Crippen LogP contribution in [0.15, 0.2) is 24.3 Å². The molecule has 0 saturated carbocycles. The number of carbonyl (C=O) groups excluding carboxylic acids is 2. The molecule has 0 unspecified atom stereocenters. The number of unbranched alkanes of at least 4 members (excludes halogenated alkanes) is 2. The molecule has 0 spiro atoms. The van der Waals surface area contributed by atoms with Crippen LogP contribution in [0, 0.1) is 0 Å². The van der Waals surface area contributed by atoms with Gasteiger partial charge in [-0.1, -0.05) is 25.8 Å². The lowest BCUT2D eigenvalue weighted by Gasteiger charge is -2.16. The van der Waals surface area contributed by atoms with E-state index in [2.05, 4.69) is 12.2 Å². The smallest absolute Gasteiger partial charge is 0.224 e. The lowest BCUT2D eigenvalue weighted by Crippen LogP contribution is -2.22. The monoisotopic (exact) mass is 262 g/mol. The predicted octanol–water partition coefficient (Wildman–Crippen LogP) is 3.19. The van der Waals surface area contributed by atoms with Gasteiger partial charge in [0, 0.05) is 31.8 Å². The van der Waals surface area contributed by atoms with E-state index in [-0.39, 0.29) is 11.8 Å². The first-order valence-corrected chi connectivity index (χ1v) is 6.68. The van der Waals surface area contributed by atoms with Crippen LogP contribution >= 0.6 is 0 Å². The van der Waals surface area contributed by atoms with Crippen molar-refractivity contribution in [3.8, 4) is 0 Å². The molecule has 4 heteroatoms. The summed E-state index contributed by atoms with van der Waals surface area (Å²) in [6, 6.07) is 7.30. The van der Waals surface area contributed by atoms with E-state index >= 15 is 0 Å². The molecule has 0 atom stereocenters. The van der Waals surface area contributed by atoms with Gasteiger partial charge in [-0.15, -0.1) is 0 Å². The maximum atomic E-state index is 11.7. The molecule has 0 aromatic heterocycles. The summed E-state index contributed by atoms with van der Waals surface area (Å²) >= 11 is 0. The quantitative estimate of drug-likeness (QED) is 0.800. The van der Waals surface area contributed by atoms with Crippen LogP contribution in [0.2, 0.25) is 0 Å². The van der Waals surface area contributed by atoms with Crippen LogP contribution in [0.4, 0.5) is 11.4 Å². The molecule has 0 aliphatic carbocycles. The molecule has 0 saturated heterocycles. The fourth-order valence-electron chi connectivity index (χ4n) is 1.73. The van der Waals surface area contributed by atoms with E-state index in [1.807, 2.05) is 18.2 Å². The number of hydrogen-bond acceptors (Lipinski definition) is 2. The number of hydrogen-bond donors (Lipinski definition) is 1. The Balaban J connectivity index is 2.62. The minimum absolute atomic E-state index is 0.0241. The molecule has 104 valence electrons. The first-order chi connectivity index (χ1) is 9.04. The van der Waals surface area contributed by atoms with Crippen molar-refractivity contribution in [3.05, 3.63) is 24.3 Å². The van der Waals surface area contributed by atoms with Crippen molar-refractivity contribution in [3.63, 3.8) is 0 Å². The number of rotatable bonds is 6. The largest absolute Gasteiger partial charge is 0.326 e. The third-order valence-corrected chi connectivity index (χ3v) is 3.00. The Kier molecular flexibility index (Phi) is 6.06. The van der Waals surface area contributed by atoms with Crippen molar-refractivity contribution in [2.45, 2.75) is 39.5 Å².